The molecule has 0 aliphatic carbocycles. The second-order valence-electron chi connectivity index (χ2n) is 3.58. The number of carbonyl (C=O) groups is 1. The lowest BCUT2D eigenvalue weighted by Gasteiger charge is -2.05. The topological polar surface area (TPSA) is 57.0 Å². The molecule has 0 aromatic carbocycles. The molecular formula is C11H11F2N3O2S. The number of thiophene rings is 1. The number of carbonyl (C=O) groups excluding carboxylic acids is 1. The first-order valence-corrected chi connectivity index (χ1v) is 6.42. The number of aromatic nitrogens is 3. The summed E-state index contributed by atoms with van der Waals surface area (Å²) in [4.78, 5) is 12.4. The molecule has 2 aromatic heterocycles. The molecule has 0 N–H and O–H groups in total. The molecule has 2 aromatic rings. The van der Waals surface area contributed by atoms with E-state index in [1.54, 1.807) is 13.0 Å². The van der Waals surface area contributed by atoms with Crippen LogP contribution in [0.25, 0.3) is 0 Å². The average molecular weight is 287 g/mol. The largest absolute Gasteiger partial charge is 0.461 e. The van der Waals surface area contributed by atoms with Gasteiger partial charge in [0.1, 0.15) is 5.69 Å². The van der Waals surface area contributed by atoms with Gasteiger partial charge in [-0.1, -0.05) is 11.3 Å². The number of hydrogen-bond acceptors (Lipinski definition) is 5. The van der Waals surface area contributed by atoms with Gasteiger partial charge in [0, 0.05) is 4.88 Å². The van der Waals surface area contributed by atoms with Crippen LogP contribution in [0, 0.1) is 0 Å². The van der Waals surface area contributed by atoms with E-state index in [0.717, 1.165) is 9.56 Å². The van der Waals surface area contributed by atoms with Gasteiger partial charge in [-0.05, 0) is 18.4 Å². The van der Waals surface area contributed by atoms with Gasteiger partial charge in [0.25, 0.3) is 6.43 Å². The molecule has 102 valence electrons. The fourth-order valence-corrected chi connectivity index (χ4v) is 2.23. The smallest absolute Gasteiger partial charge is 0.361 e. The van der Waals surface area contributed by atoms with Crippen molar-refractivity contribution in [1.29, 1.82) is 0 Å². The second-order valence-corrected chi connectivity index (χ2v) is 4.61. The molecule has 0 saturated carbocycles. The van der Waals surface area contributed by atoms with Crippen molar-refractivity contribution in [1.82, 2.24) is 15.0 Å². The van der Waals surface area contributed by atoms with Crippen molar-refractivity contribution in [2.45, 2.75) is 19.9 Å². The van der Waals surface area contributed by atoms with Crippen LogP contribution >= 0.6 is 11.3 Å². The number of ether oxygens (including phenoxy) is 1. The van der Waals surface area contributed by atoms with Gasteiger partial charge in [0.05, 0.1) is 13.2 Å². The molecule has 0 spiro atoms. The van der Waals surface area contributed by atoms with E-state index in [2.05, 4.69) is 15.0 Å². The first-order chi connectivity index (χ1) is 9.13. The lowest BCUT2D eigenvalue weighted by molar-refractivity contribution is 0.0506. The predicted molar refractivity (Wildman–Crippen MR) is 64.4 cm³/mol. The van der Waals surface area contributed by atoms with Gasteiger partial charge < -0.3 is 4.74 Å². The summed E-state index contributed by atoms with van der Waals surface area (Å²) in [6.45, 7) is 1.85. The van der Waals surface area contributed by atoms with E-state index < -0.39 is 23.8 Å². The highest BCUT2D eigenvalue weighted by Crippen LogP contribution is 2.23. The summed E-state index contributed by atoms with van der Waals surface area (Å²) in [6, 6.07) is 3.61. The van der Waals surface area contributed by atoms with E-state index in [1.807, 2.05) is 11.4 Å². The zero-order valence-corrected chi connectivity index (χ0v) is 10.9. The number of esters is 1. The normalized spacial score (nSPS) is 10.9. The van der Waals surface area contributed by atoms with E-state index in [0.29, 0.717) is 0 Å². The molecule has 0 fully saturated rings. The first kappa shape index (κ1) is 13.6. The zero-order chi connectivity index (χ0) is 13.8. The Labute approximate surface area is 111 Å². The number of hydrogen-bond donors (Lipinski definition) is 0. The Kier molecular flexibility index (Phi) is 4.20. The number of alkyl halides is 2. The monoisotopic (exact) mass is 287 g/mol. The minimum atomic E-state index is -2.84. The van der Waals surface area contributed by atoms with Crippen molar-refractivity contribution in [2.24, 2.45) is 0 Å². The van der Waals surface area contributed by atoms with Crippen molar-refractivity contribution in [2.75, 3.05) is 6.61 Å². The van der Waals surface area contributed by atoms with Crippen molar-refractivity contribution < 1.29 is 18.3 Å². The van der Waals surface area contributed by atoms with Crippen molar-refractivity contribution in [3.63, 3.8) is 0 Å². The molecule has 2 rings (SSSR count). The Bertz CT molecular complexity index is 554. The number of halogens is 2. The fraction of sp³-hybridized carbons (Fsp3) is 0.364. The lowest BCUT2D eigenvalue weighted by atomic mass is 10.3. The quantitative estimate of drug-likeness (QED) is 0.793. The molecule has 0 radical (unpaired) electrons. The zero-order valence-electron chi connectivity index (χ0n) is 10.0. The maximum absolute atomic E-state index is 13.0. The van der Waals surface area contributed by atoms with Crippen LogP contribution in [0.15, 0.2) is 17.5 Å². The van der Waals surface area contributed by atoms with E-state index in [1.165, 1.54) is 11.3 Å². The van der Waals surface area contributed by atoms with Crippen LogP contribution in [0.5, 0.6) is 0 Å². The summed E-state index contributed by atoms with van der Waals surface area (Å²) in [7, 11) is 0. The van der Waals surface area contributed by atoms with Gasteiger partial charge in [0.2, 0.25) is 0 Å². The Morgan fingerprint density at radius 2 is 2.37 bits per heavy atom. The maximum Gasteiger partial charge on any atom is 0.361 e. The van der Waals surface area contributed by atoms with E-state index in [4.69, 9.17) is 0 Å². The van der Waals surface area contributed by atoms with Crippen LogP contribution in [-0.2, 0) is 11.3 Å². The molecular weight excluding hydrogens is 276 g/mol. The third kappa shape index (κ3) is 2.95. The molecule has 0 saturated heterocycles. The molecule has 0 bridgehead atoms. The minimum Gasteiger partial charge on any atom is -0.461 e. The molecule has 0 amide bonds. The SMILES string of the molecule is CCOC(=O)c1nnn(Cc2cccs2)c1C(F)F. The molecule has 0 atom stereocenters. The van der Waals surface area contributed by atoms with Crippen LogP contribution in [0.1, 0.15) is 34.4 Å². The van der Waals surface area contributed by atoms with E-state index in [9.17, 15) is 13.6 Å². The van der Waals surface area contributed by atoms with Gasteiger partial charge in [-0.15, -0.1) is 16.4 Å². The van der Waals surface area contributed by atoms with Crippen LogP contribution < -0.4 is 0 Å². The van der Waals surface area contributed by atoms with Crippen molar-refractivity contribution in [3.05, 3.63) is 33.8 Å². The van der Waals surface area contributed by atoms with Crippen LogP contribution in [0.4, 0.5) is 8.78 Å². The lowest BCUT2D eigenvalue weighted by Crippen LogP contribution is -2.11. The molecule has 5 nitrogen and oxygen atoms in total. The predicted octanol–water partition coefficient (Wildman–Crippen LogP) is 2.50. The van der Waals surface area contributed by atoms with Gasteiger partial charge in [0.15, 0.2) is 5.69 Å². The van der Waals surface area contributed by atoms with Crippen LogP contribution in [0.3, 0.4) is 0 Å². The third-order valence-corrected chi connectivity index (χ3v) is 3.20. The molecule has 2 heterocycles. The molecule has 0 aliphatic rings. The number of rotatable bonds is 5. The Morgan fingerprint density at radius 3 is 2.95 bits per heavy atom. The standard InChI is InChI=1S/C11H11F2N3O2S/c1-2-18-11(17)8-9(10(12)13)16(15-14-8)6-7-4-3-5-19-7/h3-5,10H,2,6H2,1H3. The van der Waals surface area contributed by atoms with Crippen molar-refractivity contribution >= 4 is 17.3 Å². The summed E-state index contributed by atoms with van der Waals surface area (Å²) in [6.07, 6.45) is -2.84. The molecule has 0 unspecified atom stereocenters. The maximum atomic E-state index is 13.0. The van der Waals surface area contributed by atoms with E-state index >= 15 is 0 Å². The van der Waals surface area contributed by atoms with Crippen molar-refractivity contribution in [3.8, 4) is 0 Å². The highest BCUT2D eigenvalue weighted by molar-refractivity contribution is 7.09. The summed E-state index contributed by atoms with van der Waals surface area (Å²) < 4.78 is 31.8. The summed E-state index contributed by atoms with van der Waals surface area (Å²) >= 11 is 1.42. The average Bonchev–Trinajstić information content (AvgIpc) is 2.99. The first-order valence-electron chi connectivity index (χ1n) is 5.54. The second kappa shape index (κ2) is 5.87. The Balaban J connectivity index is 2.31. The third-order valence-electron chi connectivity index (χ3n) is 2.33. The fourth-order valence-electron chi connectivity index (χ4n) is 1.55. The van der Waals surface area contributed by atoms with E-state index in [-0.39, 0.29) is 13.2 Å². The van der Waals surface area contributed by atoms with Gasteiger partial charge in [-0.3, -0.25) is 0 Å². The highest BCUT2D eigenvalue weighted by Gasteiger charge is 2.27. The Hall–Kier alpha value is -1.83. The van der Waals surface area contributed by atoms with Gasteiger partial charge in [-0.25, -0.2) is 18.3 Å². The van der Waals surface area contributed by atoms with Crippen LogP contribution in [-0.4, -0.2) is 27.6 Å². The summed E-state index contributed by atoms with van der Waals surface area (Å²) in [5.41, 5.74) is -0.930. The molecule has 8 heteroatoms. The van der Waals surface area contributed by atoms with Gasteiger partial charge in [-0.2, -0.15) is 0 Å². The molecule has 0 aliphatic heterocycles. The van der Waals surface area contributed by atoms with Gasteiger partial charge >= 0.3 is 5.97 Å². The molecule has 19 heavy (non-hydrogen) atoms. The summed E-state index contributed by atoms with van der Waals surface area (Å²) in [5.74, 6) is -0.879. The highest BCUT2D eigenvalue weighted by atomic mass is 32.1. The summed E-state index contributed by atoms with van der Waals surface area (Å²) in [5, 5.41) is 8.94. The Morgan fingerprint density at radius 1 is 1.58 bits per heavy atom. The number of nitrogens with zero attached hydrogens (tertiary/aromatic N) is 3. The minimum absolute atomic E-state index is 0.0965. The van der Waals surface area contributed by atoms with Crippen LogP contribution in [0.2, 0.25) is 0 Å².